The highest BCUT2D eigenvalue weighted by Gasteiger charge is 2.14. The van der Waals surface area contributed by atoms with Gasteiger partial charge in [-0.15, -0.1) is 0 Å². The molecule has 0 unspecified atom stereocenters. The van der Waals surface area contributed by atoms with E-state index in [2.05, 4.69) is 22.8 Å². The highest BCUT2D eigenvalue weighted by Crippen LogP contribution is 2.05. The Balaban J connectivity index is 2.32. The Bertz CT molecular complexity index is 949. The van der Waals surface area contributed by atoms with Crippen LogP contribution in [0.5, 0.6) is 0 Å². The van der Waals surface area contributed by atoms with Gasteiger partial charge in [0, 0.05) is 0 Å². The van der Waals surface area contributed by atoms with Crippen LogP contribution in [0.1, 0.15) is 5.56 Å². The third-order valence-corrected chi connectivity index (χ3v) is 3.33. The van der Waals surface area contributed by atoms with Crippen LogP contribution in [0.15, 0.2) is 44.7 Å². The molecule has 0 fully saturated rings. The molecule has 20 heavy (non-hydrogen) atoms. The number of fused-ring (bicyclic) bond motifs is 1. The molecule has 102 valence electrons. The first kappa shape index (κ1) is 12.5. The fourth-order valence-corrected chi connectivity index (χ4v) is 2.25. The van der Waals surface area contributed by atoms with Crippen molar-refractivity contribution in [3.05, 3.63) is 67.2 Å². The van der Waals surface area contributed by atoms with E-state index < -0.39 is 16.9 Å². The molecule has 2 heterocycles. The lowest BCUT2D eigenvalue weighted by Crippen LogP contribution is -2.36. The number of benzene rings is 1. The Labute approximate surface area is 117 Å². The summed E-state index contributed by atoms with van der Waals surface area (Å²) in [5.74, 6) is 0. The molecule has 2 N–H and O–H groups in total. The van der Waals surface area contributed by atoms with Gasteiger partial charge in [0.05, 0.1) is 6.54 Å². The van der Waals surface area contributed by atoms with Gasteiger partial charge < -0.3 is 0 Å². The second kappa shape index (κ2) is 4.57. The summed E-state index contributed by atoms with van der Waals surface area (Å²) in [7, 11) is 0. The quantitative estimate of drug-likeness (QED) is 0.576. The van der Waals surface area contributed by atoms with E-state index in [1.807, 2.05) is 30.3 Å². The zero-order chi connectivity index (χ0) is 14.3. The van der Waals surface area contributed by atoms with Gasteiger partial charge in [-0.1, -0.05) is 43.1 Å². The smallest absolute Gasteiger partial charge is 0.300 e. The lowest BCUT2D eigenvalue weighted by atomic mass is 10.2. The topological polar surface area (TPSA) is 92.7 Å². The van der Waals surface area contributed by atoms with Gasteiger partial charge in [-0.05, 0) is 5.56 Å². The number of imidazole rings is 1. The van der Waals surface area contributed by atoms with E-state index >= 15 is 0 Å². The molecule has 0 aliphatic rings. The van der Waals surface area contributed by atoms with Crippen molar-refractivity contribution in [3.8, 4) is 0 Å². The molecule has 2 aromatic heterocycles. The van der Waals surface area contributed by atoms with Gasteiger partial charge in [-0.25, -0.2) is 13.6 Å². The van der Waals surface area contributed by atoms with Crippen molar-refractivity contribution >= 4 is 24.0 Å². The first-order chi connectivity index (χ1) is 9.58. The highest BCUT2D eigenvalue weighted by molar-refractivity contribution is 7.78. The van der Waals surface area contributed by atoms with Crippen LogP contribution in [0.25, 0.3) is 11.2 Å². The van der Waals surface area contributed by atoms with E-state index in [-0.39, 0.29) is 17.7 Å². The minimum Gasteiger partial charge on any atom is -0.300 e. The summed E-state index contributed by atoms with van der Waals surface area (Å²) in [6.45, 7) is 0.227. The molecule has 3 aromatic rings. The van der Waals surface area contributed by atoms with Crippen LogP contribution in [0.3, 0.4) is 0 Å². The maximum atomic E-state index is 12.1. The number of rotatable bonds is 2. The van der Waals surface area contributed by atoms with Gasteiger partial charge in [-0.2, -0.15) is 0 Å². The monoisotopic (exact) mass is 290 g/mol. The standard InChI is InChI=1S/C12H10N4O3S/c17-10-8-9(14-11(18)13-8)15(12(19)16(10)20)6-7-4-2-1-3-5-7/h1-5,20H,6H2,(H2,13,14,18). The zero-order valence-electron chi connectivity index (χ0n) is 10.2. The van der Waals surface area contributed by atoms with Crippen LogP contribution in [-0.4, -0.2) is 18.5 Å². The predicted octanol–water partition coefficient (Wildman–Crippen LogP) is -0.0792. The summed E-state index contributed by atoms with van der Waals surface area (Å²) in [6.07, 6.45) is 0. The summed E-state index contributed by atoms with van der Waals surface area (Å²) in [5.41, 5.74) is -0.747. The van der Waals surface area contributed by atoms with Crippen LogP contribution >= 0.6 is 12.8 Å². The minimum absolute atomic E-state index is 0.0283. The van der Waals surface area contributed by atoms with Crippen molar-refractivity contribution in [2.45, 2.75) is 6.54 Å². The van der Waals surface area contributed by atoms with Gasteiger partial charge in [-0.3, -0.25) is 19.3 Å². The van der Waals surface area contributed by atoms with Crippen LogP contribution in [0, 0.1) is 0 Å². The highest BCUT2D eigenvalue weighted by atomic mass is 32.1. The third kappa shape index (κ3) is 1.90. The number of aromatic nitrogens is 4. The normalized spacial score (nSPS) is 11.1. The fraction of sp³-hybridized carbons (Fsp3) is 0.0833. The molecule has 1 aromatic carbocycles. The van der Waals surface area contributed by atoms with Crippen LogP contribution < -0.4 is 16.9 Å². The lowest BCUT2D eigenvalue weighted by molar-refractivity contribution is 0.736. The molecule has 0 radical (unpaired) electrons. The van der Waals surface area contributed by atoms with Gasteiger partial charge in [0.2, 0.25) is 0 Å². The summed E-state index contributed by atoms with van der Waals surface area (Å²) in [6, 6.07) is 9.23. The number of hydrogen-bond donors (Lipinski definition) is 3. The number of thiol groups is 1. The maximum absolute atomic E-state index is 12.1. The first-order valence-corrected chi connectivity index (χ1v) is 6.19. The lowest BCUT2D eigenvalue weighted by Gasteiger charge is -2.08. The molecule has 0 amide bonds. The summed E-state index contributed by atoms with van der Waals surface area (Å²) in [4.78, 5) is 40.2. The second-order valence-electron chi connectivity index (χ2n) is 4.27. The molecular formula is C12H10N4O3S. The number of nitrogens with zero attached hydrogens (tertiary/aromatic N) is 2. The fourth-order valence-electron chi connectivity index (χ4n) is 2.05. The van der Waals surface area contributed by atoms with Crippen molar-refractivity contribution in [1.29, 1.82) is 0 Å². The van der Waals surface area contributed by atoms with Gasteiger partial charge in [0.25, 0.3) is 5.56 Å². The van der Waals surface area contributed by atoms with Crippen molar-refractivity contribution in [3.63, 3.8) is 0 Å². The van der Waals surface area contributed by atoms with E-state index in [0.29, 0.717) is 3.97 Å². The molecule has 7 nitrogen and oxygen atoms in total. The average molecular weight is 290 g/mol. The van der Waals surface area contributed by atoms with Gasteiger partial charge >= 0.3 is 11.4 Å². The van der Waals surface area contributed by atoms with Gasteiger partial charge in [0.15, 0.2) is 5.52 Å². The Kier molecular flexibility index (Phi) is 2.87. The number of aromatic amines is 2. The van der Waals surface area contributed by atoms with Crippen LogP contribution in [-0.2, 0) is 6.54 Å². The Morgan fingerprint density at radius 3 is 2.45 bits per heavy atom. The van der Waals surface area contributed by atoms with E-state index in [4.69, 9.17) is 0 Å². The number of hydrogen-bond acceptors (Lipinski definition) is 4. The zero-order valence-corrected chi connectivity index (χ0v) is 11.1. The van der Waals surface area contributed by atoms with E-state index in [0.717, 1.165) is 5.56 Å². The van der Waals surface area contributed by atoms with Crippen LogP contribution in [0.4, 0.5) is 0 Å². The molecule has 0 aliphatic carbocycles. The molecule has 0 saturated heterocycles. The molecular weight excluding hydrogens is 280 g/mol. The molecule has 3 rings (SSSR count). The predicted molar refractivity (Wildman–Crippen MR) is 77.4 cm³/mol. The van der Waals surface area contributed by atoms with Crippen molar-refractivity contribution in [2.24, 2.45) is 0 Å². The Morgan fingerprint density at radius 2 is 1.75 bits per heavy atom. The third-order valence-electron chi connectivity index (χ3n) is 2.98. The molecule has 0 saturated carbocycles. The van der Waals surface area contributed by atoms with Gasteiger partial charge in [0.1, 0.15) is 5.65 Å². The summed E-state index contributed by atoms with van der Waals surface area (Å²) < 4.78 is 1.96. The van der Waals surface area contributed by atoms with Crippen LogP contribution in [0.2, 0.25) is 0 Å². The first-order valence-electron chi connectivity index (χ1n) is 5.79. The van der Waals surface area contributed by atoms with E-state index in [1.54, 1.807) is 0 Å². The molecule has 0 atom stereocenters. The second-order valence-corrected chi connectivity index (χ2v) is 4.67. The van der Waals surface area contributed by atoms with E-state index in [1.165, 1.54) is 4.57 Å². The summed E-state index contributed by atoms with van der Waals surface area (Å²) >= 11 is 3.87. The average Bonchev–Trinajstić information content (AvgIpc) is 2.84. The van der Waals surface area contributed by atoms with Crippen molar-refractivity contribution < 1.29 is 0 Å². The Hall–Kier alpha value is -2.48. The summed E-state index contributed by atoms with van der Waals surface area (Å²) in [5, 5.41) is 0. The number of nitrogens with one attached hydrogen (secondary N) is 2. The SMILES string of the molecule is O=c1[nH]c2c(=O)n(S)c(=O)n(Cc3ccccc3)c2[nH]1. The molecule has 0 spiro atoms. The maximum Gasteiger partial charge on any atom is 0.343 e. The molecule has 8 heteroatoms. The van der Waals surface area contributed by atoms with E-state index in [9.17, 15) is 14.4 Å². The Morgan fingerprint density at radius 1 is 1.05 bits per heavy atom. The largest absolute Gasteiger partial charge is 0.343 e. The number of H-pyrrole nitrogens is 2. The minimum atomic E-state index is -0.656. The molecule has 0 bridgehead atoms. The van der Waals surface area contributed by atoms with Crippen molar-refractivity contribution in [2.75, 3.05) is 0 Å². The molecule has 0 aliphatic heterocycles. The van der Waals surface area contributed by atoms with Crippen molar-refractivity contribution in [1.82, 2.24) is 18.5 Å².